The number of unbranched alkanes of at least 4 members (excludes halogenated alkanes) is 1. The molecule has 0 aliphatic rings. The number of hydrogen-bond acceptors (Lipinski definition) is 4. The van der Waals surface area contributed by atoms with Crippen LogP contribution in [0.25, 0.3) is 0 Å². The monoisotopic (exact) mass is 492 g/mol. The van der Waals surface area contributed by atoms with Gasteiger partial charge in [-0.3, -0.25) is 4.79 Å². The summed E-state index contributed by atoms with van der Waals surface area (Å²) < 4.78 is 10.7. The maximum absolute atomic E-state index is 11.9. The van der Waals surface area contributed by atoms with E-state index in [9.17, 15) is 4.79 Å². The Morgan fingerprint density at radius 3 is 2.44 bits per heavy atom. The van der Waals surface area contributed by atoms with E-state index >= 15 is 0 Å². The highest BCUT2D eigenvalue weighted by atomic mass is 127. The lowest BCUT2D eigenvalue weighted by molar-refractivity contribution is -0.127. The van der Waals surface area contributed by atoms with Crippen molar-refractivity contribution in [1.29, 1.82) is 0 Å². The molecule has 0 unspecified atom stereocenters. The fraction of sp³-hybridized carbons (Fsp3) is 0.579. The minimum absolute atomic E-state index is 0. The number of carbonyl (C=O) groups is 1. The van der Waals surface area contributed by atoms with Gasteiger partial charge in [0, 0.05) is 45.9 Å². The lowest BCUT2D eigenvalue weighted by Crippen LogP contribution is -2.40. The number of benzene rings is 1. The second-order valence-corrected chi connectivity index (χ2v) is 6.24. The fourth-order valence-corrected chi connectivity index (χ4v) is 2.29. The maximum atomic E-state index is 11.9. The third-order valence-corrected chi connectivity index (χ3v) is 3.94. The number of rotatable bonds is 9. The Morgan fingerprint density at radius 2 is 1.89 bits per heavy atom. The van der Waals surface area contributed by atoms with Crippen LogP contribution in [0.1, 0.15) is 25.3 Å². The van der Waals surface area contributed by atoms with Crippen molar-refractivity contribution in [2.75, 3.05) is 48.5 Å². The number of methoxy groups -OCH3 is 2. The van der Waals surface area contributed by atoms with E-state index < -0.39 is 0 Å². The zero-order valence-corrected chi connectivity index (χ0v) is 19.6. The molecule has 0 aromatic heterocycles. The third kappa shape index (κ3) is 8.68. The molecule has 27 heavy (non-hydrogen) atoms. The smallest absolute Gasteiger partial charge is 0.243 e. The summed E-state index contributed by atoms with van der Waals surface area (Å²) in [7, 11) is 8.68. The molecule has 0 atom stereocenters. The molecule has 1 amide bonds. The van der Waals surface area contributed by atoms with Gasteiger partial charge in [-0.25, -0.2) is 4.99 Å². The SMILES string of the molecule is CCCCNC(=NCC(=O)N(C)C)N(C)Cc1ccc(OC)cc1OC.I. The second kappa shape index (κ2) is 13.5. The summed E-state index contributed by atoms with van der Waals surface area (Å²) in [4.78, 5) is 19.9. The third-order valence-electron chi connectivity index (χ3n) is 3.94. The number of amides is 1. The van der Waals surface area contributed by atoms with E-state index in [0.717, 1.165) is 36.4 Å². The van der Waals surface area contributed by atoms with E-state index in [-0.39, 0.29) is 36.4 Å². The van der Waals surface area contributed by atoms with Crippen molar-refractivity contribution >= 4 is 35.8 Å². The summed E-state index contributed by atoms with van der Waals surface area (Å²) in [6.07, 6.45) is 2.13. The first-order valence-electron chi connectivity index (χ1n) is 8.83. The lowest BCUT2D eigenvalue weighted by atomic mass is 10.2. The van der Waals surface area contributed by atoms with Crippen LogP contribution in [0.15, 0.2) is 23.2 Å². The Kier molecular flexibility index (Phi) is 12.6. The molecule has 0 fully saturated rings. The highest BCUT2D eigenvalue weighted by molar-refractivity contribution is 14.0. The first kappa shape index (κ1) is 25.3. The Balaban J connectivity index is 0.00000676. The normalized spacial score (nSPS) is 10.7. The van der Waals surface area contributed by atoms with Gasteiger partial charge in [0.2, 0.25) is 5.91 Å². The Bertz CT molecular complexity index is 609. The van der Waals surface area contributed by atoms with Gasteiger partial charge in [-0.15, -0.1) is 24.0 Å². The van der Waals surface area contributed by atoms with Crippen LogP contribution in [-0.4, -0.2) is 70.1 Å². The minimum atomic E-state index is -0.0322. The molecule has 0 aliphatic carbocycles. The number of carbonyl (C=O) groups excluding carboxylic acids is 1. The molecule has 154 valence electrons. The average Bonchev–Trinajstić information content (AvgIpc) is 2.64. The quantitative estimate of drug-likeness (QED) is 0.249. The van der Waals surface area contributed by atoms with Crippen LogP contribution in [0.4, 0.5) is 0 Å². The highest BCUT2D eigenvalue weighted by Gasteiger charge is 2.12. The molecule has 7 nitrogen and oxygen atoms in total. The van der Waals surface area contributed by atoms with E-state index in [4.69, 9.17) is 9.47 Å². The molecule has 0 heterocycles. The Hall–Kier alpha value is -1.71. The van der Waals surface area contributed by atoms with Gasteiger partial charge in [0.15, 0.2) is 5.96 Å². The summed E-state index contributed by atoms with van der Waals surface area (Å²) >= 11 is 0. The molecule has 1 aromatic carbocycles. The summed E-state index contributed by atoms with van der Waals surface area (Å²) in [6.45, 7) is 3.67. The van der Waals surface area contributed by atoms with Crippen molar-refractivity contribution in [2.45, 2.75) is 26.3 Å². The molecule has 0 saturated carbocycles. The van der Waals surface area contributed by atoms with E-state index in [1.54, 1.807) is 33.2 Å². The first-order chi connectivity index (χ1) is 12.4. The molecule has 1 N–H and O–H groups in total. The predicted molar refractivity (Wildman–Crippen MR) is 120 cm³/mol. The minimum Gasteiger partial charge on any atom is -0.497 e. The van der Waals surface area contributed by atoms with Gasteiger partial charge in [-0.2, -0.15) is 0 Å². The maximum Gasteiger partial charge on any atom is 0.243 e. The standard InChI is InChI=1S/C19H32N4O3.HI/c1-7-8-11-20-19(21-13-18(24)22(2)3)23(4)14-15-9-10-16(25-5)12-17(15)26-6;/h9-10,12H,7-8,11,13-14H2,1-6H3,(H,20,21);1H. The molecule has 0 bridgehead atoms. The number of nitrogens with zero attached hydrogens (tertiary/aromatic N) is 3. The van der Waals surface area contributed by atoms with Gasteiger partial charge in [0.1, 0.15) is 18.0 Å². The van der Waals surface area contributed by atoms with Crippen molar-refractivity contribution < 1.29 is 14.3 Å². The molecule has 8 heteroatoms. The topological polar surface area (TPSA) is 66.4 Å². The summed E-state index contributed by atoms with van der Waals surface area (Å²) in [6, 6.07) is 5.74. The summed E-state index contributed by atoms with van der Waals surface area (Å²) in [5.41, 5.74) is 1.01. The fourth-order valence-electron chi connectivity index (χ4n) is 2.29. The number of likely N-dealkylation sites (N-methyl/N-ethyl adjacent to an activating group) is 1. The molecule has 0 saturated heterocycles. The highest BCUT2D eigenvalue weighted by Crippen LogP contribution is 2.25. The number of guanidine groups is 1. The first-order valence-corrected chi connectivity index (χ1v) is 8.83. The van der Waals surface area contributed by atoms with Crippen LogP contribution in [0.3, 0.4) is 0 Å². The van der Waals surface area contributed by atoms with E-state index in [1.165, 1.54) is 0 Å². The van der Waals surface area contributed by atoms with Crippen molar-refractivity contribution in [3.8, 4) is 11.5 Å². The van der Waals surface area contributed by atoms with Crippen molar-refractivity contribution in [3.63, 3.8) is 0 Å². The van der Waals surface area contributed by atoms with E-state index in [1.807, 2.05) is 30.1 Å². The molecule has 1 rings (SSSR count). The van der Waals surface area contributed by atoms with Crippen LogP contribution in [0.5, 0.6) is 11.5 Å². The Labute approximate surface area is 180 Å². The van der Waals surface area contributed by atoms with Gasteiger partial charge >= 0.3 is 0 Å². The van der Waals surface area contributed by atoms with Crippen LogP contribution >= 0.6 is 24.0 Å². The molecule has 1 aromatic rings. The number of hydrogen-bond donors (Lipinski definition) is 1. The van der Waals surface area contributed by atoms with Gasteiger partial charge < -0.3 is 24.6 Å². The zero-order chi connectivity index (χ0) is 19.5. The van der Waals surface area contributed by atoms with Gasteiger partial charge in [-0.05, 0) is 18.6 Å². The van der Waals surface area contributed by atoms with Crippen molar-refractivity contribution in [2.24, 2.45) is 4.99 Å². The van der Waals surface area contributed by atoms with Crippen LogP contribution in [0, 0.1) is 0 Å². The predicted octanol–water partition coefficient (Wildman–Crippen LogP) is 2.59. The van der Waals surface area contributed by atoms with Gasteiger partial charge in [0.05, 0.1) is 14.2 Å². The van der Waals surface area contributed by atoms with Crippen molar-refractivity contribution in [3.05, 3.63) is 23.8 Å². The van der Waals surface area contributed by atoms with E-state index in [2.05, 4.69) is 17.2 Å². The van der Waals surface area contributed by atoms with Crippen LogP contribution in [-0.2, 0) is 11.3 Å². The number of ether oxygens (including phenoxy) is 2. The second-order valence-electron chi connectivity index (χ2n) is 6.24. The number of nitrogens with one attached hydrogen (secondary N) is 1. The largest absolute Gasteiger partial charge is 0.497 e. The Morgan fingerprint density at radius 1 is 1.19 bits per heavy atom. The molecule has 0 aliphatic heterocycles. The van der Waals surface area contributed by atoms with E-state index in [0.29, 0.717) is 12.5 Å². The molecule has 0 spiro atoms. The van der Waals surface area contributed by atoms with Gasteiger partial charge in [-0.1, -0.05) is 13.3 Å². The average molecular weight is 492 g/mol. The summed E-state index contributed by atoms with van der Waals surface area (Å²) in [5, 5.41) is 3.33. The molecular weight excluding hydrogens is 459 g/mol. The van der Waals surface area contributed by atoms with Gasteiger partial charge in [0.25, 0.3) is 0 Å². The lowest BCUT2D eigenvalue weighted by Gasteiger charge is -2.24. The number of halogens is 1. The zero-order valence-electron chi connectivity index (χ0n) is 17.2. The van der Waals surface area contributed by atoms with Crippen LogP contribution < -0.4 is 14.8 Å². The van der Waals surface area contributed by atoms with Crippen LogP contribution in [0.2, 0.25) is 0 Å². The summed E-state index contributed by atoms with van der Waals surface area (Å²) in [5.74, 6) is 2.18. The molecule has 0 radical (unpaired) electrons. The number of aliphatic imine (C=N–C) groups is 1. The van der Waals surface area contributed by atoms with Crippen molar-refractivity contribution in [1.82, 2.24) is 15.1 Å². The molecular formula is C19H33IN4O3.